The molecule has 2 rings (SSSR count). The molecule has 2 amide bonds. The van der Waals surface area contributed by atoms with Crippen LogP contribution in [0.25, 0.3) is 0 Å². The van der Waals surface area contributed by atoms with Crippen LogP contribution in [0.5, 0.6) is 0 Å². The van der Waals surface area contributed by atoms with Gasteiger partial charge in [-0.1, -0.05) is 37.6 Å². The maximum absolute atomic E-state index is 12.1. The Balaban J connectivity index is 1.70. The highest BCUT2D eigenvalue weighted by molar-refractivity contribution is 5.73. The number of carbonyl (C=O) groups excluding carboxylic acids is 1. The second kappa shape index (κ2) is 8.18. The van der Waals surface area contributed by atoms with Gasteiger partial charge in [-0.3, -0.25) is 0 Å². The summed E-state index contributed by atoms with van der Waals surface area (Å²) in [6.45, 7) is 3.42. The van der Waals surface area contributed by atoms with Crippen molar-refractivity contribution in [3.63, 3.8) is 0 Å². The van der Waals surface area contributed by atoms with Crippen LogP contribution in [0, 0.1) is 5.92 Å². The van der Waals surface area contributed by atoms with Gasteiger partial charge in [0.25, 0.3) is 0 Å². The van der Waals surface area contributed by atoms with Crippen LogP contribution in [0.3, 0.4) is 0 Å². The van der Waals surface area contributed by atoms with E-state index in [1.807, 2.05) is 0 Å². The highest BCUT2D eigenvalue weighted by Gasteiger charge is 2.27. The summed E-state index contributed by atoms with van der Waals surface area (Å²) in [6, 6.07) is 8.49. The topological polar surface area (TPSA) is 52.6 Å². The molecule has 0 heterocycles. The van der Waals surface area contributed by atoms with E-state index in [0.717, 1.165) is 32.1 Å². The SMILES string of the molecule is CCc1ccc(CCNC(=O)N(C)CC2CCCC2O)cc1. The van der Waals surface area contributed by atoms with Crippen LogP contribution in [-0.2, 0) is 12.8 Å². The molecule has 1 saturated carbocycles. The van der Waals surface area contributed by atoms with Gasteiger partial charge < -0.3 is 15.3 Å². The number of amides is 2. The Morgan fingerprint density at radius 2 is 1.95 bits per heavy atom. The van der Waals surface area contributed by atoms with E-state index in [9.17, 15) is 9.90 Å². The molecule has 0 bridgehead atoms. The van der Waals surface area contributed by atoms with Gasteiger partial charge in [0.2, 0.25) is 0 Å². The molecule has 1 fully saturated rings. The zero-order valence-electron chi connectivity index (χ0n) is 13.7. The molecule has 1 aliphatic rings. The number of nitrogens with zero attached hydrogens (tertiary/aromatic N) is 1. The predicted octanol–water partition coefficient (Wildman–Crippen LogP) is 2.59. The number of aryl methyl sites for hydroxylation is 1. The first-order valence-electron chi connectivity index (χ1n) is 8.35. The molecule has 1 aromatic rings. The van der Waals surface area contributed by atoms with Crippen LogP contribution in [0.4, 0.5) is 4.79 Å². The Morgan fingerprint density at radius 1 is 1.27 bits per heavy atom. The molecular formula is C18H28N2O2. The fraction of sp³-hybridized carbons (Fsp3) is 0.611. The van der Waals surface area contributed by atoms with Crippen LogP contribution in [0.1, 0.15) is 37.3 Å². The molecule has 1 aromatic carbocycles. The van der Waals surface area contributed by atoms with Gasteiger partial charge in [-0.15, -0.1) is 0 Å². The minimum atomic E-state index is -0.243. The number of urea groups is 1. The molecule has 2 atom stereocenters. The number of nitrogens with one attached hydrogen (secondary N) is 1. The number of aliphatic hydroxyl groups is 1. The van der Waals surface area contributed by atoms with E-state index in [0.29, 0.717) is 13.1 Å². The summed E-state index contributed by atoms with van der Waals surface area (Å²) < 4.78 is 0. The van der Waals surface area contributed by atoms with E-state index in [1.165, 1.54) is 11.1 Å². The zero-order valence-corrected chi connectivity index (χ0v) is 13.7. The van der Waals surface area contributed by atoms with Crippen molar-refractivity contribution in [1.82, 2.24) is 10.2 Å². The monoisotopic (exact) mass is 304 g/mol. The average Bonchev–Trinajstić information content (AvgIpc) is 2.93. The third-order valence-electron chi connectivity index (χ3n) is 4.60. The molecule has 2 unspecified atom stereocenters. The minimum Gasteiger partial charge on any atom is -0.393 e. The first kappa shape index (κ1) is 16.8. The molecule has 122 valence electrons. The predicted molar refractivity (Wildman–Crippen MR) is 88.9 cm³/mol. The highest BCUT2D eigenvalue weighted by Crippen LogP contribution is 2.25. The molecule has 0 spiro atoms. The van der Waals surface area contributed by atoms with Crippen molar-refractivity contribution in [1.29, 1.82) is 0 Å². The Hall–Kier alpha value is -1.55. The van der Waals surface area contributed by atoms with Crippen molar-refractivity contribution in [3.05, 3.63) is 35.4 Å². The molecule has 2 N–H and O–H groups in total. The van der Waals surface area contributed by atoms with Gasteiger partial charge in [0.05, 0.1) is 6.10 Å². The van der Waals surface area contributed by atoms with Crippen molar-refractivity contribution in [2.75, 3.05) is 20.1 Å². The third-order valence-corrected chi connectivity index (χ3v) is 4.60. The van der Waals surface area contributed by atoms with Crippen molar-refractivity contribution >= 4 is 6.03 Å². The van der Waals surface area contributed by atoms with Gasteiger partial charge in [-0.25, -0.2) is 4.79 Å². The number of hydrogen-bond donors (Lipinski definition) is 2. The van der Waals surface area contributed by atoms with Crippen LogP contribution in [-0.4, -0.2) is 42.3 Å². The summed E-state index contributed by atoms with van der Waals surface area (Å²) in [6.07, 6.45) is 4.60. The third kappa shape index (κ3) is 4.73. The normalized spacial score (nSPS) is 20.9. The number of rotatable bonds is 6. The molecular weight excluding hydrogens is 276 g/mol. The lowest BCUT2D eigenvalue weighted by molar-refractivity contribution is 0.114. The first-order chi connectivity index (χ1) is 10.6. The Kier molecular flexibility index (Phi) is 6.25. The Morgan fingerprint density at radius 3 is 2.55 bits per heavy atom. The molecule has 4 nitrogen and oxygen atoms in total. The highest BCUT2D eigenvalue weighted by atomic mass is 16.3. The van der Waals surface area contributed by atoms with E-state index in [-0.39, 0.29) is 18.1 Å². The van der Waals surface area contributed by atoms with Crippen molar-refractivity contribution < 1.29 is 9.90 Å². The van der Waals surface area contributed by atoms with Crippen LogP contribution in [0.15, 0.2) is 24.3 Å². The molecule has 0 radical (unpaired) electrons. The maximum atomic E-state index is 12.1. The summed E-state index contributed by atoms with van der Waals surface area (Å²) in [5.41, 5.74) is 2.58. The largest absolute Gasteiger partial charge is 0.393 e. The smallest absolute Gasteiger partial charge is 0.317 e. The molecule has 0 aromatic heterocycles. The van der Waals surface area contributed by atoms with Gasteiger partial charge >= 0.3 is 6.03 Å². The number of benzene rings is 1. The van der Waals surface area contributed by atoms with E-state index in [1.54, 1.807) is 11.9 Å². The maximum Gasteiger partial charge on any atom is 0.317 e. The van der Waals surface area contributed by atoms with E-state index < -0.39 is 0 Å². The Labute approximate surface area is 133 Å². The number of aliphatic hydroxyl groups excluding tert-OH is 1. The van der Waals surface area contributed by atoms with Crippen molar-refractivity contribution in [2.45, 2.75) is 45.1 Å². The van der Waals surface area contributed by atoms with E-state index in [2.05, 4.69) is 36.5 Å². The fourth-order valence-corrected chi connectivity index (χ4v) is 3.06. The van der Waals surface area contributed by atoms with E-state index in [4.69, 9.17) is 0 Å². The van der Waals surface area contributed by atoms with Gasteiger partial charge in [0.15, 0.2) is 0 Å². The lowest BCUT2D eigenvalue weighted by Crippen LogP contribution is -2.41. The second-order valence-electron chi connectivity index (χ2n) is 6.29. The van der Waals surface area contributed by atoms with Gasteiger partial charge in [-0.2, -0.15) is 0 Å². The average molecular weight is 304 g/mol. The van der Waals surface area contributed by atoms with E-state index >= 15 is 0 Å². The lowest BCUT2D eigenvalue weighted by atomic mass is 10.1. The quantitative estimate of drug-likeness (QED) is 0.849. The summed E-state index contributed by atoms with van der Waals surface area (Å²) in [4.78, 5) is 13.8. The zero-order chi connectivity index (χ0) is 15.9. The molecule has 0 saturated heterocycles. The molecule has 22 heavy (non-hydrogen) atoms. The summed E-state index contributed by atoms with van der Waals surface area (Å²) in [5, 5.41) is 12.8. The number of hydrogen-bond acceptors (Lipinski definition) is 2. The lowest BCUT2D eigenvalue weighted by Gasteiger charge is -2.23. The molecule has 1 aliphatic carbocycles. The summed E-state index contributed by atoms with van der Waals surface area (Å²) >= 11 is 0. The molecule has 0 aliphatic heterocycles. The van der Waals surface area contributed by atoms with Gasteiger partial charge in [-0.05, 0) is 36.8 Å². The van der Waals surface area contributed by atoms with Crippen molar-refractivity contribution in [3.8, 4) is 0 Å². The van der Waals surface area contributed by atoms with Crippen molar-refractivity contribution in [2.24, 2.45) is 5.92 Å². The fourth-order valence-electron chi connectivity index (χ4n) is 3.06. The Bertz CT molecular complexity index is 472. The second-order valence-corrected chi connectivity index (χ2v) is 6.29. The van der Waals surface area contributed by atoms with Gasteiger partial charge in [0.1, 0.15) is 0 Å². The standard InChI is InChI=1S/C18H28N2O2/c1-3-14-7-9-15(10-8-14)11-12-19-18(22)20(2)13-16-5-4-6-17(16)21/h7-10,16-17,21H,3-6,11-13H2,1-2H3,(H,19,22). The minimum absolute atomic E-state index is 0.0516. The summed E-state index contributed by atoms with van der Waals surface area (Å²) in [5.74, 6) is 0.234. The molecule has 4 heteroatoms. The summed E-state index contributed by atoms with van der Waals surface area (Å²) in [7, 11) is 1.80. The van der Waals surface area contributed by atoms with Crippen LogP contribution >= 0.6 is 0 Å². The van der Waals surface area contributed by atoms with Gasteiger partial charge in [0, 0.05) is 26.1 Å². The number of carbonyl (C=O) groups is 1. The first-order valence-corrected chi connectivity index (χ1v) is 8.35. The van der Waals surface area contributed by atoms with Crippen LogP contribution in [0.2, 0.25) is 0 Å². The van der Waals surface area contributed by atoms with Crippen LogP contribution < -0.4 is 5.32 Å².